The molecule has 0 aliphatic heterocycles. The monoisotopic (exact) mass is 197 g/mol. The van der Waals surface area contributed by atoms with E-state index in [-0.39, 0.29) is 27.1 Å². The second-order valence-electron chi connectivity index (χ2n) is 2.17. The van der Waals surface area contributed by atoms with Crippen LogP contribution in [0.5, 0.6) is 0 Å². The second kappa shape index (κ2) is 3.14. The van der Waals surface area contributed by atoms with Gasteiger partial charge in [-0.15, -0.1) is 0 Å². The van der Waals surface area contributed by atoms with Gasteiger partial charge in [0.1, 0.15) is 0 Å². The Hall–Kier alpha value is 1.09. The van der Waals surface area contributed by atoms with Crippen LogP contribution in [0.4, 0.5) is 0 Å². The predicted molar refractivity (Wildman–Crippen MR) is 28.7 cm³/mol. The van der Waals surface area contributed by atoms with Crippen LogP contribution in [-0.4, -0.2) is 4.75 Å². The molecular formula is C4H10AgS. The molecule has 0 fully saturated rings. The molecule has 0 saturated carbocycles. The summed E-state index contributed by atoms with van der Waals surface area (Å²) in [6.45, 7) is 6.16. The van der Waals surface area contributed by atoms with Crippen molar-refractivity contribution in [2.24, 2.45) is 0 Å². The van der Waals surface area contributed by atoms with Gasteiger partial charge in [0.2, 0.25) is 0 Å². The van der Waals surface area contributed by atoms with Crippen LogP contribution in [0.15, 0.2) is 0 Å². The molecule has 0 aromatic carbocycles. The molecule has 0 spiro atoms. The molecule has 0 amide bonds. The van der Waals surface area contributed by atoms with E-state index in [2.05, 4.69) is 33.4 Å². The molecule has 6 heavy (non-hydrogen) atoms. The Morgan fingerprint density at radius 2 is 1.17 bits per heavy atom. The number of rotatable bonds is 0. The summed E-state index contributed by atoms with van der Waals surface area (Å²) in [6.07, 6.45) is 0. The number of hydrogen-bond donors (Lipinski definition) is 1. The van der Waals surface area contributed by atoms with Crippen LogP contribution in [0.3, 0.4) is 0 Å². The molecule has 0 N–H and O–H groups in total. The first-order chi connectivity index (χ1) is 2.00. The van der Waals surface area contributed by atoms with E-state index >= 15 is 0 Å². The van der Waals surface area contributed by atoms with Crippen molar-refractivity contribution in [1.29, 1.82) is 0 Å². The first-order valence-corrected chi connectivity index (χ1v) is 2.17. The largest absolute Gasteiger partial charge is 0.173 e. The zero-order valence-corrected chi connectivity index (χ0v) is 6.63. The van der Waals surface area contributed by atoms with E-state index in [4.69, 9.17) is 0 Å². The van der Waals surface area contributed by atoms with Gasteiger partial charge in [0.05, 0.1) is 0 Å². The van der Waals surface area contributed by atoms with E-state index in [0.29, 0.717) is 0 Å². The van der Waals surface area contributed by atoms with Gasteiger partial charge in [-0.3, -0.25) is 0 Å². The third-order valence-corrected chi connectivity index (χ3v) is 0. The van der Waals surface area contributed by atoms with Gasteiger partial charge in [-0.1, -0.05) is 20.8 Å². The molecule has 0 atom stereocenters. The van der Waals surface area contributed by atoms with Gasteiger partial charge in [-0.05, 0) is 0 Å². The summed E-state index contributed by atoms with van der Waals surface area (Å²) < 4.78 is 0.194. The summed E-state index contributed by atoms with van der Waals surface area (Å²) in [4.78, 5) is 0. The van der Waals surface area contributed by atoms with Crippen molar-refractivity contribution in [3.63, 3.8) is 0 Å². The summed E-state index contributed by atoms with van der Waals surface area (Å²) in [6, 6.07) is 0. The number of thiol groups is 1. The Morgan fingerprint density at radius 3 is 1.17 bits per heavy atom. The molecule has 0 unspecified atom stereocenters. The fourth-order valence-corrected chi connectivity index (χ4v) is 0. The predicted octanol–water partition coefficient (Wildman–Crippen LogP) is 1.71. The van der Waals surface area contributed by atoms with E-state index in [9.17, 15) is 0 Å². The normalized spacial score (nSPS) is 10.0. The van der Waals surface area contributed by atoms with Gasteiger partial charge in [-0.25, -0.2) is 0 Å². The molecule has 0 saturated heterocycles. The Morgan fingerprint density at radius 1 is 1.17 bits per heavy atom. The maximum absolute atomic E-state index is 4.12. The second-order valence-corrected chi connectivity index (χ2v) is 3.51. The minimum Gasteiger partial charge on any atom is -0.173 e. The SMILES string of the molecule is CC(C)(C)S.[Ag]. The van der Waals surface area contributed by atoms with Crippen molar-refractivity contribution in [2.45, 2.75) is 25.5 Å². The Balaban J connectivity index is 0. The van der Waals surface area contributed by atoms with Crippen LogP contribution in [0, 0.1) is 0 Å². The first-order valence-electron chi connectivity index (χ1n) is 1.72. The van der Waals surface area contributed by atoms with E-state index in [0.717, 1.165) is 0 Å². The van der Waals surface area contributed by atoms with Gasteiger partial charge in [0, 0.05) is 27.1 Å². The van der Waals surface area contributed by atoms with Crippen molar-refractivity contribution in [1.82, 2.24) is 0 Å². The third kappa shape index (κ3) is 71.6. The van der Waals surface area contributed by atoms with Gasteiger partial charge in [-0.2, -0.15) is 12.6 Å². The van der Waals surface area contributed by atoms with Gasteiger partial charge < -0.3 is 0 Å². The van der Waals surface area contributed by atoms with Crippen LogP contribution in [0.25, 0.3) is 0 Å². The van der Waals surface area contributed by atoms with E-state index < -0.39 is 0 Å². The maximum Gasteiger partial charge on any atom is 0.00449 e. The average molecular weight is 198 g/mol. The minimum absolute atomic E-state index is 0. The Kier molecular flexibility index (Phi) is 5.31. The molecule has 0 rings (SSSR count). The summed E-state index contributed by atoms with van der Waals surface area (Å²) in [5.41, 5.74) is 0. The zero-order valence-electron chi connectivity index (χ0n) is 4.25. The van der Waals surface area contributed by atoms with Crippen molar-refractivity contribution < 1.29 is 22.4 Å². The van der Waals surface area contributed by atoms with Crippen LogP contribution >= 0.6 is 12.6 Å². The molecule has 0 aromatic rings. The molecule has 0 nitrogen and oxygen atoms in total. The van der Waals surface area contributed by atoms with Gasteiger partial charge in [0.15, 0.2) is 0 Å². The Bertz CT molecular complexity index is 23.0. The maximum atomic E-state index is 4.12. The quantitative estimate of drug-likeness (QED) is 0.444. The van der Waals surface area contributed by atoms with Crippen molar-refractivity contribution in [2.75, 3.05) is 0 Å². The molecule has 1 radical (unpaired) electrons. The first kappa shape index (κ1) is 10.1. The Labute approximate surface area is 60.6 Å². The molecule has 0 aliphatic carbocycles. The minimum atomic E-state index is 0. The zero-order chi connectivity index (χ0) is 4.50. The van der Waals surface area contributed by atoms with Crippen molar-refractivity contribution in [3.05, 3.63) is 0 Å². The van der Waals surface area contributed by atoms with E-state index in [1.807, 2.05) is 0 Å². The third-order valence-electron chi connectivity index (χ3n) is 0. The molecule has 0 aliphatic rings. The summed E-state index contributed by atoms with van der Waals surface area (Å²) in [5, 5.41) is 0. The van der Waals surface area contributed by atoms with Crippen LogP contribution < -0.4 is 0 Å². The van der Waals surface area contributed by atoms with Gasteiger partial charge in [0.25, 0.3) is 0 Å². The molecular weight excluding hydrogens is 188 g/mol. The van der Waals surface area contributed by atoms with Gasteiger partial charge >= 0.3 is 0 Å². The summed E-state index contributed by atoms with van der Waals surface area (Å²) in [7, 11) is 0. The average Bonchev–Trinajstić information content (AvgIpc) is 0.722. The molecule has 43 valence electrons. The molecule has 0 bridgehead atoms. The van der Waals surface area contributed by atoms with Crippen molar-refractivity contribution >= 4 is 12.6 Å². The topological polar surface area (TPSA) is 0 Å². The molecule has 2 heteroatoms. The fraction of sp³-hybridized carbons (Fsp3) is 1.00. The van der Waals surface area contributed by atoms with Crippen LogP contribution in [0.1, 0.15) is 20.8 Å². The fourth-order valence-electron chi connectivity index (χ4n) is 0. The van der Waals surface area contributed by atoms with E-state index in [1.165, 1.54) is 0 Å². The van der Waals surface area contributed by atoms with Crippen LogP contribution in [-0.2, 0) is 22.4 Å². The molecule has 0 heterocycles. The molecule has 0 aromatic heterocycles. The van der Waals surface area contributed by atoms with Crippen molar-refractivity contribution in [3.8, 4) is 0 Å². The smallest absolute Gasteiger partial charge is 0.00449 e. The number of hydrogen-bond acceptors (Lipinski definition) is 1. The standard InChI is InChI=1S/C4H10S.Ag/c1-4(2,3)5;/h5H,1-3H3;. The summed E-state index contributed by atoms with van der Waals surface area (Å²) >= 11 is 4.12. The summed E-state index contributed by atoms with van der Waals surface area (Å²) in [5.74, 6) is 0. The van der Waals surface area contributed by atoms with Crippen LogP contribution in [0.2, 0.25) is 0 Å². The van der Waals surface area contributed by atoms with E-state index in [1.54, 1.807) is 0 Å².